The molecule has 0 saturated carbocycles. The van der Waals surface area contributed by atoms with Gasteiger partial charge in [-0.25, -0.2) is 0 Å². The number of aromatic nitrogens is 6. The van der Waals surface area contributed by atoms with Gasteiger partial charge in [0, 0.05) is 59.0 Å². The molecule has 0 fully saturated rings. The van der Waals surface area contributed by atoms with Gasteiger partial charge in [-0.05, 0) is 24.3 Å². The van der Waals surface area contributed by atoms with Gasteiger partial charge in [0.25, 0.3) is 0 Å². The van der Waals surface area contributed by atoms with Crippen molar-refractivity contribution in [1.29, 1.82) is 0 Å². The molecule has 6 aromatic rings. The van der Waals surface area contributed by atoms with Crippen LogP contribution in [0.4, 0.5) is 17.6 Å². The van der Waals surface area contributed by atoms with Gasteiger partial charge in [0.15, 0.2) is 34.5 Å². The Kier molecular flexibility index (Phi) is 19.6. The summed E-state index contributed by atoms with van der Waals surface area (Å²) >= 11 is -3.12. The van der Waals surface area contributed by atoms with Crippen LogP contribution in [0.25, 0.3) is 22.1 Å². The zero-order valence-corrected chi connectivity index (χ0v) is 29.9. The van der Waals surface area contributed by atoms with E-state index in [2.05, 4.69) is 39.4 Å². The molecule has 4 heterocycles. The predicted molar refractivity (Wildman–Crippen MR) is 198 cm³/mol. The molecule has 0 spiro atoms. The number of ether oxygens (including phenoxy) is 6. The molecule has 0 aliphatic heterocycles. The molecule has 0 saturated heterocycles. The molecule has 2 atom stereocenters. The van der Waals surface area contributed by atoms with Crippen molar-refractivity contribution in [3.63, 3.8) is 0 Å². The van der Waals surface area contributed by atoms with Gasteiger partial charge < -0.3 is 43.0 Å². The molecule has 288 valence electrons. The normalized spacial score (nSPS) is 11.7. The fourth-order valence-electron chi connectivity index (χ4n) is 4.78. The van der Waals surface area contributed by atoms with E-state index in [-0.39, 0.29) is 97.9 Å². The number of H-pyrrole nitrogens is 2. The summed E-state index contributed by atoms with van der Waals surface area (Å²) in [6.45, 7) is -5.85. The first-order valence-electron chi connectivity index (χ1n) is 14.8. The van der Waals surface area contributed by atoms with Crippen molar-refractivity contribution in [2.75, 3.05) is 28.4 Å². The van der Waals surface area contributed by atoms with Crippen LogP contribution in [0, 0.1) is 0 Å². The Hall–Kier alpha value is -3.22. The van der Waals surface area contributed by atoms with Gasteiger partial charge in [-0.1, -0.05) is 0 Å². The number of rotatable bonds is 14. The molecule has 0 bridgehead atoms. The summed E-state index contributed by atoms with van der Waals surface area (Å²) < 4.78 is 104. The molecule has 2 aromatic carbocycles. The molecule has 55 heavy (non-hydrogen) atoms. The van der Waals surface area contributed by atoms with E-state index in [1.807, 2.05) is 0 Å². The zero-order valence-electron chi connectivity index (χ0n) is 28.2. The minimum absolute atomic E-state index is 0. The Bertz CT molecular complexity index is 1980. The second-order valence-corrected chi connectivity index (χ2v) is 12.9. The van der Waals surface area contributed by atoms with Crippen molar-refractivity contribution >= 4 is 104 Å². The number of halogens is 4. The molecule has 2 unspecified atom stereocenters. The average Bonchev–Trinajstić information content (AvgIpc) is 3.75. The Morgan fingerprint density at radius 3 is 1.33 bits per heavy atom. The van der Waals surface area contributed by atoms with Crippen LogP contribution in [-0.4, -0.2) is 145 Å². The fraction of sp³-hybridized carbons (Fsp3) is 0.250. The number of aromatic amines is 2. The SMILES string of the molecule is COc1ccnc(C[S+]([O-])c2nc3cc(OC(F)F)ccc3[nH]2)c1OC.COc1ccnc(C[S+]([O-])c2nc3cc(OC(F)F)ccc3[nH]2)c1OC.O.[NaH].[NaH]. The number of nitrogens with one attached hydrogen (secondary N) is 2. The van der Waals surface area contributed by atoms with Crippen LogP contribution in [-0.2, 0) is 33.9 Å². The monoisotopic (exact) mass is 832 g/mol. The Morgan fingerprint density at radius 2 is 1.00 bits per heavy atom. The van der Waals surface area contributed by atoms with Gasteiger partial charge in [-0.2, -0.15) is 27.5 Å². The first-order chi connectivity index (χ1) is 25.0. The molecule has 23 heteroatoms. The van der Waals surface area contributed by atoms with Crippen molar-refractivity contribution in [3.8, 4) is 34.5 Å². The van der Waals surface area contributed by atoms with E-state index in [0.29, 0.717) is 56.5 Å². The van der Waals surface area contributed by atoms with Crippen molar-refractivity contribution in [2.24, 2.45) is 0 Å². The van der Waals surface area contributed by atoms with Crippen LogP contribution in [0.5, 0.6) is 34.5 Å². The Labute approximate surface area is 361 Å². The number of imidazole rings is 2. The van der Waals surface area contributed by atoms with E-state index in [4.69, 9.17) is 18.9 Å². The quantitative estimate of drug-likeness (QED) is 0.0914. The number of hydrogen-bond donors (Lipinski definition) is 2. The van der Waals surface area contributed by atoms with Crippen LogP contribution < -0.4 is 28.4 Å². The predicted octanol–water partition coefficient (Wildman–Crippen LogP) is 3.65. The molecule has 15 nitrogen and oxygen atoms in total. The third kappa shape index (κ3) is 12.4. The van der Waals surface area contributed by atoms with E-state index < -0.39 is 35.6 Å². The van der Waals surface area contributed by atoms with E-state index in [0.717, 1.165) is 0 Å². The summed E-state index contributed by atoms with van der Waals surface area (Å²) in [5.41, 5.74) is 2.76. The van der Waals surface area contributed by atoms with Crippen LogP contribution in [0.2, 0.25) is 0 Å². The topological polar surface area (TPSA) is 216 Å². The standard InChI is InChI=1S/2C16H15F2N3O4S.2Na.H2O.2H/c2*1-23-13-5-6-19-12(14(13)24-2)8-26(22)16-20-10-4-3-9(25-15(17)18)7-11(10)21-16;;;;;/h2*3-7,15H,8H2,1-2H3,(H,20,21);;;1H2;;. The first kappa shape index (κ1) is 47.9. The molecule has 0 amide bonds. The van der Waals surface area contributed by atoms with Gasteiger partial charge in [-0.15, -0.1) is 0 Å². The zero-order chi connectivity index (χ0) is 37.4. The van der Waals surface area contributed by atoms with Crippen LogP contribution >= 0.6 is 0 Å². The summed E-state index contributed by atoms with van der Waals surface area (Å²) in [5.74, 6) is 1.79. The number of pyridine rings is 2. The molecular weight excluding hydrogens is 798 g/mol. The fourth-order valence-corrected chi connectivity index (χ4v) is 6.81. The third-order valence-corrected chi connectivity index (χ3v) is 9.34. The number of nitrogens with zero attached hydrogens (tertiary/aromatic N) is 4. The maximum atomic E-state index is 12.6. The van der Waals surface area contributed by atoms with Crippen LogP contribution in [0.15, 0.2) is 71.2 Å². The molecule has 4 N–H and O–H groups in total. The first-order valence-corrected chi connectivity index (χ1v) is 17.4. The van der Waals surface area contributed by atoms with E-state index in [1.54, 1.807) is 12.1 Å². The summed E-state index contributed by atoms with van der Waals surface area (Å²) in [6.07, 6.45) is 3.06. The maximum absolute atomic E-state index is 12.6. The second kappa shape index (κ2) is 22.5. The van der Waals surface area contributed by atoms with Crippen molar-refractivity contribution in [2.45, 2.75) is 35.0 Å². The number of alkyl halides is 4. The van der Waals surface area contributed by atoms with E-state index in [1.165, 1.54) is 77.2 Å². The average molecular weight is 833 g/mol. The molecule has 4 aromatic heterocycles. The molecule has 6 rings (SSSR count). The number of benzene rings is 2. The van der Waals surface area contributed by atoms with Gasteiger partial charge in [0.05, 0.1) is 50.5 Å². The number of fused-ring (bicyclic) bond motifs is 2. The molecule has 0 aliphatic rings. The number of hydrogen-bond acceptors (Lipinski definition) is 12. The van der Waals surface area contributed by atoms with Crippen molar-refractivity contribution < 1.29 is 60.6 Å². The van der Waals surface area contributed by atoms with Crippen molar-refractivity contribution in [1.82, 2.24) is 29.9 Å². The summed E-state index contributed by atoms with van der Waals surface area (Å²) in [6, 6.07) is 11.8. The van der Waals surface area contributed by atoms with Gasteiger partial charge in [0.1, 0.15) is 22.9 Å². The molecular formula is C32H34F4N6Na2O9S2. The van der Waals surface area contributed by atoms with Crippen molar-refractivity contribution in [3.05, 3.63) is 72.3 Å². The van der Waals surface area contributed by atoms with Gasteiger partial charge in [-0.3, -0.25) is 19.9 Å². The van der Waals surface area contributed by atoms with E-state index >= 15 is 0 Å². The van der Waals surface area contributed by atoms with E-state index in [9.17, 15) is 26.7 Å². The van der Waals surface area contributed by atoms with Gasteiger partial charge in [0.2, 0.25) is 0 Å². The van der Waals surface area contributed by atoms with Crippen LogP contribution in [0.3, 0.4) is 0 Å². The third-order valence-electron chi connectivity index (χ3n) is 7.02. The summed E-state index contributed by atoms with van der Waals surface area (Å²) in [5, 5.41) is 0.390. The number of methoxy groups -OCH3 is 4. The Morgan fingerprint density at radius 1 is 0.618 bits per heavy atom. The molecule has 0 aliphatic carbocycles. The Balaban J connectivity index is 0.000000360. The van der Waals surface area contributed by atoms with Gasteiger partial charge >= 0.3 is 82.7 Å². The van der Waals surface area contributed by atoms with Crippen LogP contribution in [0.1, 0.15) is 11.4 Å². The second-order valence-electron chi connectivity index (χ2n) is 10.2. The summed E-state index contributed by atoms with van der Waals surface area (Å²) in [4.78, 5) is 22.6. The molecule has 0 radical (unpaired) electrons. The summed E-state index contributed by atoms with van der Waals surface area (Å²) in [7, 11) is 5.93. The minimum atomic E-state index is -2.92.